The second kappa shape index (κ2) is 58.5. The van der Waals surface area contributed by atoms with Crippen molar-refractivity contribution >= 4 is 17.7 Å². The van der Waals surface area contributed by atoms with Crippen molar-refractivity contribution < 1.29 is 14.4 Å². The van der Waals surface area contributed by atoms with Gasteiger partial charge in [0.15, 0.2) is 0 Å². The molecule has 3 amide bonds. The van der Waals surface area contributed by atoms with Crippen molar-refractivity contribution in [1.82, 2.24) is 16.0 Å². The fourth-order valence-corrected chi connectivity index (χ4v) is 7.93. The molecule has 0 spiro atoms. The minimum Gasteiger partial charge on any atom is -0.356 e. The van der Waals surface area contributed by atoms with Crippen LogP contribution in [0.5, 0.6) is 0 Å². The highest BCUT2D eigenvalue weighted by Gasteiger charge is 2.05. The third kappa shape index (κ3) is 69.1. The highest BCUT2D eigenvalue weighted by Crippen LogP contribution is 2.14. The van der Waals surface area contributed by atoms with Crippen LogP contribution in [0, 0.1) is 17.8 Å². The molecule has 0 saturated heterocycles. The molecule has 0 heterocycles. The standard InChI is InChI=1S/C21H43NO.C20H41NO.C18H37NO/c1-4-5-6-7-8-9-10-11-12-13-14-15-16-19-22-21(23)18-17-20(2)3;1-4-5-6-7-8-9-10-11-12-13-14-15-18-21-20(22)17-16-19(2)3;1-4-5-6-7-8-9-10-11-12-13-16-19-18(20)15-14-17(2)3/h20H,4-19H2,1-3H3,(H,22,23);19H,4-18H2,1-3H3,(H,21,22);17H,4-16H2,1-3H3,(H,19,20). The van der Waals surface area contributed by atoms with Crippen LogP contribution in [0.2, 0.25) is 0 Å². The van der Waals surface area contributed by atoms with E-state index in [0.29, 0.717) is 37.0 Å². The van der Waals surface area contributed by atoms with E-state index in [9.17, 15) is 14.4 Å². The number of carbonyl (C=O) groups is 3. The summed E-state index contributed by atoms with van der Waals surface area (Å²) in [5, 5.41) is 9.10. The lowest BCUT2D eigenvalue weighted by Crippen LogP contribution is -2.24. The molecule has 0 aliphatic rings. The summed E-state index contributed by atoms with van der Waals surface area (Å²) in [5.74, 6) is 2.57. The van der Waals surface area contributed by atoms with Crippen molar-refractivity contribution in [3.8, 4) is 0 Å². The Morgan fingerprint density at radius 1 is 0.262 bits per heavy atom. The first-order valence-corrected chi connectivity index (χ1v) is 29.3. The predicted molar refractivity (Wildman–Crippen MR) is 290 cm³/mol. The Bertz CT molecular complexity index is 936. The number of hydrogen-bond acceptors (Lipinski definition) is 3. The van der Waals surface area contributed by atoms with Gasteiger partial charge in [-0.3, -0.25) is 14.4 Å². The predicted octanol–water partition coefficient (Wildman–Crippen LogP) is 18.3. The molecule has 0 aliphatic heterocycles. The van der Waals surface area contributed by atoms with Gasteiger partial charge in [0, 0.05) is 38.9 Å². The van der Waals surface area contributed by atoms with Crippen LogP contribution in [0.4, 0.5) is 0 Å². The molecule has 0 saturated carbocycles. The van der Waals surface area contributed by atoms with E-state index >= 15 is 0 Å². The number of amides is 3. The average Bonchev–Trinajstić information content (AvgIpc) is 3.28. The molecule has 0 aromatic heterocycles. The van der Waals surface area contributed by atoms with E-state index in [2.05, 4.69) is 78.3 Å². The van der Waals surface area contributed by atoms with E-state index in [0.717, 1.165) is 58.2 Å². The van der Waals surface area contributed by atoms with Crippen molar-refractivity contribution in [3.05, 3.63) is 0 Å². The van der Waals surface area contributed by atoms with Crippen molar-refractivity contribution in [3.63, 3.8) is 0 Å². The molecule has 0 bridgehead atoms. The highest BCUT2D eigenvalue weighted by molar-refractivity contribution is 5.76. The van der Waals surface area contributed by atoms with Crippen LogP contribution in [-0.4, -0.2) is 37.4 Å². The summed E-state index contributed by atoms with van der Waals surface area (Å²) in [4.78, 5) is 34.6. The Morgan fingerprint density at radius 3 is 0.569 bits per heavy atom. The zero-order valence-corrected chi connectivity index (χ0v) is 46.1. The molecule has 0 aliphatic carbocycles. The Morgan fingerprint density at radius 2 is 0.415 bits per heavy atom. The minimum atomic E-state index is 0.231. The molecule has 0 aromatic carbocycles. The van der Waals surface area contributed by atoms with Gasteiger partial charge in [-0.2, -0.15) is 0 Å². The molecule has 0 fully saturated rings. The van der Waals surface area contributed by atoms with E-state index in [1.165, 1.54) is 205 Å². The zero-order valence-electron chi connectivity index (χ0n) is 46.1. The Labute approximate surface area is 409 Å². The lowest BCUT2D eigenvalue weighted by Gasteiger charge is -2.07. The van der Waals surface area contributed by atoms with E-state index < -0.39 is 0 Å². The van der Waals surface area contributed by atoms with Crippen LogP contribution < -0.4 is 16.0 Å². The number of nitrogens with one attached hydrogen (secondary N) is 3. The van der Waals surface area contributed by atoms with Gasteiger partial charge in [-0.1, -0.05) is 268 Å². The minimum absolute atomic E-state index is 0.231. The van der Waals surface area contributed by atoms with Crippen molar-refractivity contribution in [2.75, 3.05) is 19.6 Å². The Kier molecular flexibility index (Phi) is 60.9. The molecule has 0 rings (SSSR count). The molecule has 390 valence electrons. The Hall–Kier alpha value is -1.59. The maximum Gasteiger partial charge on any atom is 0.220 e. The van der Waals surface area contributed by atoms with Crippen LogP contribution in [0.15, 0.2) is 0 Å². The highest BCUT2D eigenvalue weighted by atomic mass is 16.2. The van der Waals surface area contributed by atoms with Gasteiger partial charge >= 0.3 is 0 Å². The lowest BCUT2D eigenvalue weighted by molar-refractivity contribution is -0.122. The van der Waals surface area contributed by atoms with E-state index in [4.69, 9.17) is 0 Å². The van der Waals surface area contributed by atoms with Crippen LogP contribution in [0.3, 0.4) is 0 Å². The van der Waals surface area contributed by atoms with Crippen molar-refractivity contribution in [2.45, 2.75) is 326 Å². The summed E-state index contributed by atoms with van der Waals surface area (Å²) in [7, 11) is 0. The van der Waals surface area contributed by atoms with Crippen LogP contribution >= 0.6 is 0 Å². The monoisotopic (exact) mass is 920 g/mol. The second-order valence-corrected chi connectivity index (χ2v) is 21.2. The molecule has 3 N–H and O–H groups in total. The summed E-state index contributed by atoms with van der Waals surface area (Å²) >= 11 is 0. The van der Waals surface area contributed by atoms with Gasteiger partial charge in [-0.05, 0) is 56.3 Å². The summed E-state index contributed by atoms with van der Waals surface area (Å²) in [6, 6.07) is 0. The van der Waals surface area contributed by atoms with Gasteiger partial charge in [0.25, 0.3) is 0 Å². The van der Waals surface area contributed by atoms with E-state index in [1.54, 1.807) is 0 Å². The van der Waals surface area contributed by atoms with Gasteiger partial charge < -0.3 is 16.0 Å². The van der Waals surface area contributed by atoms with Crippen LogP contribution in [0.1, 0.15) is 326 Å². The fraction of sp³-hybridized carbons (Fsp3) is 0.949. The topological polar surface area (TPSA) is 87.3 Å². The first-order chi connectivity index (χ1) is 31.5. The third-order valence-corrected chi connectivity index (χ3v) is 12.7. The van der Waals surface area contributed by atoms with Gasteiger partial charge in [-0.15, -0.1) is 0 Å². The van der Waals surface area contributed by atoms with E-state index in [1.807, 2.05) is 0 Å². The largest absolute Gasteiger partial charge is 0.356 e. The molecular weight excluding hydrogens is 799 g/mol. The molecule has 0 unspecified atom stereocenters. The molecule has 6 nitrogen and oxygen atoms in total. The van der Waals surface area contributed by atoms with Crippen LogP contribution in [0.25, 0.3) is 0 Å². The normalized spacial score (nSPS) is 11.1. The summed E-state index contributed by atoms with van der Waals surface area (Å²) in [6.07, 6.45) is 52.8. The Balaban J connectivity index is -0.000000889. The van der Waals surface area contributed by atoms with E-state index in [-0.39, 0.29) is 17.7 Å². The molecule has 65 heavy (non-hydrogen) atoms. The number of hydrogen-bond donors (Lipinski definition) is 3. The number of carbonyl (C=O) groups excluding carboxylic acids is 3. The average molecular weight is 921 g/mol. The molecular formula is C59H121N3O3. The summed E-state index contributed by atoms with van der Waals surface area (Å²) < 4.78 is 0. The summed E-state index contributed by atoms with van der Waals surface area (Å²) in [6.45, 7) is 22.4. The second-order valence-electron chi connectivity index (χ2n) is 21.2. The molecule has 0 aromatic rings. The maximum atomic E-state index is 11.6. The van der Waals surface area contributed by atoms with Crippen molar-refractivity contribution in [2.24, 2.45) is 17.8 Å². The summed E-state index contributed by atoms with van der Waals surface area (Å²) in [5.41, 5.74) is 0. The third-order valence-electron chi connectivity index (χ3n) is 12.7. The maximum absolute atomic E-state index is 11.6. The molecule has 0 atom stereocenters. The fourth-order valence-electron chi connectivity index (χ4n) is 7.93. The van der Waals surface area contributed by atoms with Crippen LogP contribution in [-0.2, 0) is 14.4 Å². The number of rotatable bonds is 47. The SMILES string of the molecule is CCCCCCCCCCCCCCCNC(=O)CCC(C)C.CCCCCCCCCCCCCCNC(=O)CCC(C)C.CCCCCCCCCCCCNC(=O)CCC(C)C. The van der Waals surface area contributed by atoms with Gasteiger partial charge in [-0.25, -0.2) is 0 Å². The van der Waals surface area contributed by atoms with Gasteiger partial charge in [0.1, 0.15) is 0 Å². The first-order valence-electron chi connectivity index (χ1n) is 29.3. The lowest BCUT2D eigenvalue weighted by atomic mass is 10.0. The van der Waals surface area contributed by atoms with Gasteiger partial charge in [0.2, 0.25) is 17.7 Å². The quantitative estimate of drug-likeness (QED) is 0.0532. The molecule has 6 heteroatoms. The van der Waals surface area contributed by atoms with Gasteiger partial charge in [0.05, 0.1) is 0 Å². The first kappa shape index (κ1) is 67.7. The zero-order chi connectivity index (χ0) is 48.7. The number of unbranched alkanes of at least 4 members (excludes halogenated alkanes) is 32. The smallest absolute Gasteiger partial charge is 0.220 e. The van der Waals surface area contributed by atoms with Crippen molar-refractivity contribution in [1.29, 1.82) is 0 Å². The molecule has 0 radical (unpaired) electrons.